The maximum atomic E-state index is 9.21. The summed E-state index contributed by atoms with van der Waals surface area (Å²) in [6.45, 7) is 4.40. The van der Waals surface area contributed by atoms with Crippen LogP contribution in [0.5, 0.6) is 0 Å². The molecule has 0 bridgehead atoms. The van der Waals surface area contributed by atoms with Gasteiger partial charge in [-0.2, -0.15) is 0 Å². The third-order valence-corrected chi connectivity index (χ3v) is 6.00. The van der Waals surface area contributed by atoms with Crippen molar-refractivity contribution in [1.82, 2.24) is 0 Å². The highest BCUT2D eigenvalue weighted by Gasteiger charge is 2.44. The first-order chi connectivity index (χ1) is 8.22. The minimum atomic E-state index is -0.0136. The van der Waals surface area contributed by atoms with Crippen LogP contribution in [0.2, 0.25) is 0 Å². The number of nitrogens with zero attached hydrogens (tertiary/aromatic N) is 2. The second kappa shape index (κ2) is 7.31. The smallest absolute Gasteiger partial charge is 0.136 e. The van der Waals surface area contributed by atoms with Gasteiger partial charge in [0, 0.05) is 7.05 Å². The van der Waals surface area contributed by atoms with Crippen LogP contribution in [0.25, 0.3) is 0 Å². The van der Waals surface area contributed by atoms with Crippen LogP contribution < -0.4 is 0 Å². The van der Waals surface area contributed by atoms with Crippen molar-refractivity contribution in [3.63, 3.8) is 0 Å². The predicted molar refractivity (Wildman–Crippen MR) is 79.5 cm³/mol. The number of hydrogen-bond donors (Lipinski definition) is 1. The van der Waals surface area contributed by atoms with Crippen LogP contribution in [0.15, 0.2) is 10.1 Å². The number of rotatable bonds is 6. The summed E-state index contributed by atoms with van der Waals surface area (Å²) >= 11 is 3.32. The van der Waals surface area contributed by atoms with Crippen LogP contribution in [0, 0.1) is 0 Å². The van der Waals surface area contributed by atoms with Gasteiger partial charge in [-0.15, -0.1) is 0 Å². The van der Waals surface area contributed by atoms with Gasteiger partial charge < -0.3 is 5.21 Å². The summed E-state index contributed by atoms with van der Waals surface area (Å²) in [6, 6.07) is 0. The molecule has 1 aliphatic heterocycles. The molecule has 98 valence electrons. The van der Waals surface area contributed by atoms with E-state index in [2.05, 4.69) is 24.0 Å². The molecule has 1 aliphatic rings. The Balaban J connectivity index is 2.86. The van der Waals surface area contributed by atoms with Crippen LogP contribution in [-0.2, 0) is 0 Å². The predicted octanol–water partition coefficient (Wildman–Crippen LogP) is 4.36. The highest BCUT2D eigenvalue weighted by Crippen LogP contribution is 2.50. The number of hydrogen-bond acceptors (Lipinski definition) is 5. The fraction of sp³-hybridized carbons (Fsp3) is 0.833. The van der Waals surface area contributed by atoms with Crippen LogP contribution in [0.1, 0.15) is 52.4 Å². The molecule has 5 heteroatoms. The number of aliphatic imine (C=N–C) groups is 1. The summed E-state index contributed by atoms with van der Waals surface area (Å²) in [6.07, 6.45) is 6.87. The van der Waals surface area contributed by atoms with Crippen LogP contribution in [-0.4, -0.2) is 26.4 Å². The van der Waals surface area contributed by atoms with Gasteiger partial charge in [0.15, 0.2) is 0 Å². The van der Waals surface area contributed by atoms with Gasteiger partial charge in [0.2, 0.25) is 0 Å². The van der Waals surface area contributed by atoms with Gasteiger partial charge in [-0.1, -0.05) is 56.4 Å². The zero-order valence-electron chi connectivity index (χ0n) is 10.9. The lowest BCUT2D eigenvalue weighted by molar-refractivity contribution is 0.317. The van der Waals surface area contributed by atoms with Crippen molar-refractivity contribution in [3.8, 4) is 0 Å². The van der Waals surface area contributed by atoms with E-state index < -0.39 is 0 Å². The molecule has 0 spiro atoms. The monoisotopic (exact) mass is 274 g/mol. The molecule has 0 aromatic heterocycles. The normalized spacial score (nSPS) is 23.7. The summed E-state index contributed by atoms with van der Waals surface area (Å²) in [7, 11) is 1.81. The van der Waals surface area contributed by atoms with Crippen molar-refractivity contribution in [3.05, 3.63) is 0 Å². The maximum Gasteiger partial charge on any atom is 0.136 e. The molecule has 1 fully saturated rings. The molecule has 1 saturated heterocycles. The Kier molecular flexibility index (Phi) is 6.41. The quantitative estimate of drug-likeness (QED) is 0.578. The molecule has 0 radical (unpaired) electrons. The number of oxime groups is 1. The first-order valence-corrected chi connectivity index (χ1v) is 7.92. The highest BCUT2D eigenvalue weighted by atomic mass is 32.2. The van der Waals surface area contributed by atoms with Gasteiger partial charge in [-0.05, 0) is 24.6 Å². The molecule has 0 unspecified atom stereocenters. The van der Waals surface area contributed by atoms with E-state index in [1.807, 2.05) is 0 Å². The average molecular weight is 274 g/mol. The van der Waals surface area contributed by atoms with Gasteiger partial charge in [-0.3, -0.25) is 4.99 Å². The van der Waals surface area contributed by atoms with Gasteiger partial charge in [0.1, 0.15) is 9.42 Å². The minimum absolute atomic E-state index is 0.0136. The van der Waals surface area contributed by atoms with Crippen molar-refractivity contribution in [1.29, 1.82) is 0 Å². The molecular formula is C12H22N2OS2. The third-order valence-electron chi connectivity index (χ3n) is 3.00. The summed E-state index contributed by atoms with van der Waals surface area (Å²) in [5.41, 5.74) is 0. The maximum absolute atomic E-state index is 9.21. The van der Waals surface area contributed by atoms with E-state index in [0.717, 1.165) is 22.3 Å². The lowest BCUT2D eigenvalue weighted by Crippen LogP contribution is -2.29. The van der Waals surface area contributed by atoms with Crippen LogP contribution in [0.4, 0.5) is 0 Å². The lowest BCUT2D eigenvalue weighted by Gasteiger charge is -2.26. The summed E-state index contributed by atoms with van der Waals surface area (Å²) in [5.74, 6) is 0. The Bertz CT molecular complexity index is 295. The van der Waals surface area contributed by atoms with Gasteiger partial charge in [0.05, 0.1) is 4.75 Å². The third kappa shape index (κ3) is 3.65. The fourth-order valence-electron chi connectivity index (χ4n) is 1.98. The van der Waals surface area contributed by atoms with Crippen molar-refractivity contribution >= 4 is 32.9 Å². The van der Waals surface area contributed by atoms with Crippen molar-refractivity contribution in [2.24, 2.45) is 10.1 Å². The van der Waals surface area contributed by atoms with Crippen molar-refractivity contribution in [2.45, 2.75) is 57.1 Å². The van der Waals surface area contributed by atoms with E-state index in [0.29, 0.717) is 0 Å². The Morgan fingerprint density at radius 2 is 1.76 bits per heavy atom. The fourth-order valence-corrected chi connectivity index (χ4v) is 4.84. The Hall–Kier alpha value is -0.160. The van der Waals surface area contributed by atoms with E-state index in [1.54, 1.807) is 18.8 Å². The van der Waals surface area contributed by atoms with E-state index >= 15 is 0 Å². The average Bonchev–Trinajstić information content (AvgIpc) is 2.72. The molecule has 17 heavy (non-hydrogen) atoms. The molecule has 0 aromatic rings. The van der Waals surface area contributed by atoms with E-state index in [-0.39, 0.29) is 4.75 Å². The van der Waals surface area contributed by atoms with Gasteiger partial charge in [0.25, 0.3) is 0 Å². The molecule has 0 amide bonds. The molecule has 1 N–H and O–H groups in total. The number of thioether (sulfide) groups is 2. The molecule has 0 aromatic carbocycles. The van der Waals surface area contributed by atoms with Crippen molar-refractivity contribution < 1.29 is 5.21 Å². The highest BCUT2D eigenvalue weighted by molar-refractivity contribution is 8.50. The van der Waals surface area contributed by atoms with Crippen LogP contribution in [0.3, 0.4) is 0 Å². The second-order valence-electron chi connectivity index (χ2n) is 4.30. The molecule has 1 heterocycles. The summed E-state index contributed by atoms with van der Waals surface area (Å²) < 4.78 is 1.02. The minimum Gasteiger partial charge on any atom is -0.410 e. The standard InChI is InChI=1S/C12H22N2OS2/c1-4-6-8-12(9-7-5-2)10(14-15)16-11(13-3)17-12/h15H,4-9H2,1-3H3/b13-11-,14-10-. The summed E-state index contributed by atoms with van der Waals surface area (Å²) in [4.78, 5) is 4.25. The Morgan fingerprint density at radius 3 is 2.18 bits per heavy atom. The van der Waals surface area contributed by atoms with Gasteiger partial charge >= 0.3 is 0 Å². The first kappa shape index (κ1) is 14.9. The first-order valence-electron chi connectivity index (χ1n) is 6.28. The molecule has 1 rings (SSSR count). The van der Waals surface area contributed by atoms with E-state index in [1.165, 1.54) is 37.4 Å². The number of unbranched alkanes of at least 4 members (excludes halogenated alkanes) is 2. The van der Waals surface area contributed by atoms with Crippen LogP contribution >= 0.6 is 23.5 Å². The molecule has 0 aliphatic carbocycles. The zero-order valence-corrected chi connectivity index (χ0v) is 12.5. The molecular weight excluding hydrogens is 252 g/mol. The zero-order chi connectivity index (χ0) is 12.7. The largest absolute Gasteiger partial charge is 0.410 e. The Morgan fingerprint density at radius 1 is 1.18 bits per heavy atom. The Labute approximate surface area is 113 Å². The summed E-state index contributed by atoms with van der Waals surface area (Å²) in [5, 5.41) is 13.6. The van der Waals surface area contributed by atoms with E-state index in [9.17, 15) is 5.21 Å². The van der Waals surface area contributed by atoms with Crippen molar-refractivity contribution in [2.75, 3.05) is 7.05 Å². The SMILES string of the molecule is CCCCC1(CCCC)S/C(=N\C)S/C1=N\O. The molecule has 0 saturated carbocycles. The lowest BCUT2D eigenvalue weighted by atomic mass is 9.96. The van der Waals surface area contributed by atoms with Gasteiger partial charge in [-0.25, -0.2) is 0 Å². The topological polar surface area (TPSA) is 45.0 Å². The van der Waals surface area contributed by atoms with E-state index in [4.69, 9.17) is 0 Å². The molecule has 0 atom stereocenters. The molecule has 3 nitrogen and oxygen atoms in total. The second-order valence-corrected chi connectivity index (χ2v) is 6.91.